The van der Waals surface area contributed by atoms with Crippen LogP contribution in [0.3, 0.4) is 0 Å². The smallest absolute Gasteiger partial charge is 0.309 e. The summed E-state index contributed by atoms with van der Waals surface area (Å²) in [6.45, 7) is 0.299. The van der Waals surface area contributed by atoms with Crippen molar-refractivity contribution in [1.29, 1.82) is 0 Å². The Hall–Kier alpha value is -2.97. The third-order valence-electron chi connectivity index (χ3n) is 4.69. The van der Waals surface area contributed by atoms with E-state index in [4.69, 9.17) is 0 Å². The molecule has 0 saturated carbocycles. The quantitative estimate of drug-likeness (QED) is 0.468. The minimum absolute atomic E-state index is 0.0805. The Balaban J connectivity index is 1.58. The molecule has 30 heavy (non-hydrogen) atoms. The number of fused-ring (bicyclic) bond motifs is 1. The molecule has 0 atom stereocenters. The van der Waals surface area contributed by atoms with Crippen molar-refractivity contribution in [2.45, 2.75) is 19.3 Å². The van der Waals surface area contributed by atoms with Crippen LogP contribution in [0.4, 0.5) is 13.2 Å². The van der Waals surface area contributed by atoms with E-state index in [9.17, 15) is 18.0 Å². The second kappa shape index (κ2) is 8.04. The summed E-state index contributed by atoms with van der Waals surface area (Å²) in [4.78, 5) is 23.0. The van der Waals surface area contributed by atoms with Gasteiger partial charge in [0.1, 0.15) is 10.7 Å². The fraction of sp³-hybridized carbons (Fsp3) is 0.182. The van der Waals surface area contributed by atoms with Crippen LogP contribution in [-0.4, -0.2) is 21.9 Å². The van der Waals surface area contributed by atoms with Crippen molar-refractivity contribution < 1.29 is 13.2 Å². The predicted molar refractivity (Wildman–Crippen MR) is 112 cm³/mol. The molecule has 154 valence electrons. The first kappa shape index (κ1) is 20.3. The van der Waals surface area contributed by atoms with Crippen LogP contribution in [-0.2, 0) is 19.3 Å². The average molecular weight is 429 g/mol. The molecule has 4 nitrogen and oxygen atoms in total. The molecule has 0 spiro atoms. The number of hydrogen-bond acceptors (Lipinski definition) is 4. The highest BCUT2D eigenvalue weighted by atomic mass is 32.1. The fourth-order valence-corrected chi connectivity index (χ4v) is 4.39. The molecule has 0 aliphatic rings. The van der Waals surface area contributed by atoms with Crippen molar-refractivity contribution in [3.63, 3.8) is 0 Å². The first-order chi connectivity index (χ1) is 14.3. The molecule has 2 aromatic heterocycles. The SMILES string of the molecule is CN(Cc1nc2sc(-c3ccccc3)cc2c(=O)[nH]1)Cc1ccccc1C(F)(F)F. The lowest BCUT2D eigenvalue weighted by Gasteiger charge is -2.19. The number of hydrogen-bond donors (Lipinski definition) is 1. The van der Waals surface area contributed by atoms with Gasteiger partial charge in [0, 0.05) is 11.4 Å². The summed E-state index contributed by atoms with van der Waals surface area (Å²) in [5, 5.41) is 0.507. The second-order valence-electron chi connectivity index (χ2n) is 7.04. The van der Waals surface area contributed by atoms with Gasteiger partial charge in [-0.15, -0.1) is 11.3 Å². The predicted octanol–water partition coefficient (Wildman–Crippen LogP) is 5.30. The highest BCUT2D eigenvalue weighted by molar-refractivity contribution is 7.21. The van der Waals surface area contributed by atoms with E-state index in [1.165, 1.54) is 23.5 Å². The van der Waals surface area contributed by atoms with Gasteiger partial charge in [0.15, 0.2) is 0 Å². The Morgan fingerprint density at radius 1 is 1.03 bits per heavy atom. The number of halogens is 3. The summed E-state index contributed by atoms with van der Waals surface area (Å²) < 4.78 is 39.7. The Labute approximate surface area is 174 Å². The van der Waals surface area contributed by atoms with Crippen LogP contribution >= 0.6 is 11.3 Å². The third-order valence-corrected chi connectivity index (χ3v) is 5.77. The van der Waals surface area contributed by atoms with Crippen LogP contribution in [0.25, 0.3) is 20.7 Å². The average Bonchev–Trinajstić information content (AvgIpc) is 3.13. The molecule has 4 aromatic rings. The topological polar surface area (TPSA) is 49.0 Å². The lowest BCUT2D eigenvalue weighted by Crippen LogP contribution is -2.23. The molecule has 0 aliphatic heterocycles. The van der Waals surface area contributed by atoms with Crippen molar-refractivity contribution in [3.8, 4) is 10.4 Å². The molecule has 0 fully saturated rings. The molecule has 0 aliphatic carbocycles. The first-order valence-corrected chi connectivity index (χ1v) is 10.0. The lowest BCUT2D eigenvalue weighted by atomic mass is 10.1. The van der Waals surface area contributed by atoms with Gasteiger partial charge in [-0.3, -0.25) is 9.69 Å². The van der Waals surface area contributed by atoms with E-state index in [1.807, 2.05) is 36.4 Å². The van der Waals surface area contributed by atoms with E-state index in [-0.39, 0.29) is 24.2 Å². The van der Waals surface area contributed by atoms with E-state index < -0.39 is 11.7 Å². The molecule has 0 saturated heterocycles. The molecule has 0 bridgehead atoms. The van der Waals surface area contributed by atoms with E-state index in [2.05, 4.69) is 9.97 Å². The molecule has 2 heterocycles. The number of nitrogens with zero attached hydrogens (tertiary/aromatic N) is 2. The van der Waals surface area contributed by atoms with Crippen molar-refractivity contribution in [3.05, 3.63) is 88.0 Å². The number of H-pyrrole nitrogens is 1. The zero-order valence-corrected chi connectivity index (χ0v) is 16.8. The Bertz CT molecular complexity index is 1230. The lowest BCUT2D eigenvalue weighted by molar-refractivity contribution is -0.138. The summed E-state index contributed by atoms with van der Waals surface area (Å²) in [7, 11) is 1.70. The van der Waals surface area contributed by atoms with Crippen molar-refractivity contribution in [2.24, 2.45) is 0 Å². The Morgan fingerprint density at radius 2 is 1.73 bits per heavy atom. The molecule has 0 unspecified atom stereocenters. The minimum Gasteiger partial charge on any atom is -0.309 e. The Kier molecular flexibility index (Phi) is 5.44. The van der Waals surface area contributed by atoms with Crippen LogP contribution in [0.5, 0.6) is 0 Å². The number of aromatic nitrogens is 2. The first-order valence-electron chi connectivity index (χ1n) is 9.23. The summed E-state index contributed by atoms with van der Waals surface area (Å²) >= 11 is 1.42. The van der Waals surface area contributed by atoms with Gasteiger partial charge in [0.25, 0.3) is 5.56 Å². The molecule has 0 amide bonds. The number of nitrogens with one attached hydrogen (secondary N) is 1. The van der Waals surface area contributed by atoms with Crippen LogP contribution in [0, 0.1) is 0 Å². The van der Waals surface area contributed by atoms with Gasteiger partial charge in [-0.25, -0.2) is 4.98 Å². The van der Waals surface area contributed by atoms with Gasteiger partial charge >= 0.3 is 6.18 Å². The van der Waals surface area contributed by atoms with E-state index >= 15 is 0 Å². The van der Waals surface area contributed by atoms with E-state index in [0.29, 0.717) is 16.0 Å². The highest BCUT2D eigenvalue weighted by Crippen LogP contribution is 2.33. The fourth-order valence-electron chi connectivity index (χ4n) is 3.33. The summed E-state index contributed by atoms with van der Waals surface area (Å²) in [6, 6.07) is 17.0. The van der Waals surface area contributed by atoms with Crippen molar-refractivity contribution in [2.75, 3.05) is 7.05 Å². The standard InChI is InChI=1S/C22H18F3N3OS/c1-28(12-15-9-5-6-10-17(15)22(23,24)25)13-19-26-20(29)16-11-18(30-21(16)27-19)14-7-3-2-4-8-14/h2-11H,12-13H2,1H3,(H,26,27,29). The van der Waals surface area contributed by atoms with Gasteiger partial charge in [-0.05, 0) is 30.3 Å². The van der Waals surface area contributed by atoms with Gasteiger partial charge in [0.05, 0.1) is 17.5 Å². The molecule has 0 radical (unpaired) electrons. The summed E-state index contributed by atoms with van der Waals surface area (Å²) in [5.41, 5.74) is 0.276. The van der Waals surface area contributed by atoms with Gasteiger partial charge in [-0.2, -0.15) is 13.2 Å². The third kappa shape index (κ3) is 4.29. The number of rotatable bonds is 5. The van der Waals surface area contributed by atoms with Crippen molar-refractivity contribution >= 4 is 21.6 Å². The monoisotopic (exact) mass is 429 g/mol. The van der Waals surface area contributed by atoms with Gasteiger partial charge in [-0.1, -0.05) is 48.5 Å². The van der Waals surface area contributed by atoms with E-state index in [1.54, 1.807) is 18.0 Å². The molecule has 4 rings (SSSR count). The molecule has 2 aromatic carbocycles. The second-order valence-corrected chi connectivity index (χ2v) is 8.07. The van der Waals surface area contributed by atoms with Crippen LogP contribution in [0.1, 0.15) is 17.0 Å². The van der Waals surface area contributed by atoms with Crippen LogP contribution in [0.15, 0.2) is 65.5 Å². The van der Waals surface area contributed by atoms with E-state index in [0.717, 1.165) is 16.5 Å². The number of benzene rings is 2. The number of aromatic amines is 1. The maximum atomic E-state index is 13.2. The zero-order chi connectivity index (χ0) is 21.3. The number of alkyl halides is 3. The zero-order valence-electron chi connectivity index (χ0n) is 16.0. The van der Waals surface area contributed by atoms with Crippen LogP contribution in [0.2, 0.25) is 0 Å². The number of thiophene rings is 1. The minimum atomic E-state index is -4.41. The largest absolute Gasteiger partial charge is 0.416 e. The van der Waals surface area contributed by atoms with Gasteiger partial charge in [0.2, 0.25) is 0 Å². The van der Waals surface area contributed by atoms with Crippen molar-refractivity contribution in [1.82, 2.24) is 14.9 Å². The Morgan fingerprint density at radius 3 is 2.47 bits per heavy atom. The molecule has 8 heteroatoms. The van der Waals surface area contributed by atoms with Crippen LogP contribution < -0.4 is 5.56 Å². The maximum Gasteiger partial charge on any atom is 0.416 e. The molecule has 1 N–H and O–H groups in total. The molecular formula is C22H18F3N3OS. The molecular weight excluding hydrogens is 411 g/mol. The highest BCUT2D eigenvalue weighted by Gasteiger charge is 2.33. The summed E-state index contributed by atoms with van der Waals surface area (Å²) in [6.07, 6.45) is -4.41. The maximum absolute atomic E-state index is 13.2. The van der Waals surface area contributed by atoms with Gasteiger partial charge < -0.3 is 4.98 Å². The normalized spacial score (nSPS) is 12.0. The summed E-state index contributed by atoms with van der Waals surface area (Å²) in [5.74, 6) is 0.418.